The van der Waals surface area contributed by atoms with Gasteiger partial charge in [-0.1, -0.05) is 0 Å². The number of rotatable bonds is 8. The van der Waals surface area contributed by atoms with Gasteiger partial charge in [0, 0.05) is 24.7 Å². The highest BCUT2D eigenvalue weighted by molar-refractivity contribution is 5.90. The quantitative estimate of drug-likeness (QED) is 0.635. The van der Waals surface area contributed by atoms with E-state index in [1.54, 1.807) is 19.1 Å². The minimum atomic E-state index is -0.320. The second kappa shape index (κ2) is 10.0. The fourth-order valence-electron chi connectivity index (χ4n) is 4.17. The molecule has 0 saturated heterocycles. The number of nitrogens with one attached hydrogen (secondary N) is 2. The van der Waals surface area contributed by atoms with Gasteiger partial charge >= 0.3 is 6.03 Å². The van der Waals surface area contributed by atoms with Crippen molar-refractivity contribution in [3.8, 4) is 17.2 Å². The molecule has 33 heavy (non-hydrogen) atoms. The van der Waals surface area contributed by atoms with Crippen molar-refractivity contribution >= 4 is 17.6 Å². The number of nitrogens with zero attached hydrogens (tertiary/aromatic N) is 1. The van der Waals surface area contributed by atoms with Gasteiger partial charge in [-0.25, -0.2) is 4.79 Å². The molecule has 4 rings (SSSR count). The lowest BCUT2D eigenvalue weighted by Gasteiger charge is -2.38. The van der Waals surface area contributed by atoms with E-state index in [2.05, 4.69) is 10.6 Å². The van der Waals surface area contributed by atoms with E-state index in [4.69, 9.17) is 14.2 Å². The third kappa shape index (κ3) is 5.16. The Kier molecular flexibility index (Phi) is 6.91. The summed E-state index contributed by atoms with van der Waals surface area (Å²) in [7, 11) is 3.20. The first-order chi connectivity index (χ1) is 16.0. The van der Waals surface area contributed by atoms with Gasteiger partial charge in [0.15, 0.2) is 11.5 Å². The zero-order chi connectivity index (χ0) is 23.4. The highest BCUT2D eigenvalue weighted by atomic mass is 16.5. The third-order valence-corrected chi connectivity index (χ3v) is 6.10. The number of methoxy groups -OCH3 is 2. The summed E-state index contributed by atoms with van der Waals surface area (Å²) >= 11 is 0. The van der Waals surface area contributed by atoms with Crippen molar-refractivity contribution in [3.63, 3.8) is 0 Å². The molecular formula is C25H31N3O5. The van der Waals surface area contributed by atoms with Crippen molar-refractivity contribution in [2.45, 2.75) is 32.2 Å². The van der Waals surface area contributed by atoms with E-state index in [9.17, 15) is 9.59 Å². The Bertz CT molecular complexity index is 1000. The van der Waals surface area contributed by atoms with Crippen LogP contribution in [0.2, 0.25) is 0 Å². The van der Waals surface area contributed by atoms with Crippen molar-refractivity contribution in [3.05, 3.63) is 47.5 Å². The summed E-state index contributed by atoms with van der Waals surface area (Å²) in [5, 5.41) is 6.02. The molecule has 176 valence electrons. The van der Waals surface area contributed by atoms with Crippen molar-refractivity contribution in [1.29, 1.82) is 0 Å². The fourth-order valence-corrected chi connectivity index (χ4v) is 4.17. The van der Waals surface area contributed by atoms with Crippen LogP contribution < -0.4 is 24.8 Å². The molecule has 1 aliphatic heterocycles. The maximum Gasteiger partial charge on any atom is 0.322 e. The maximum atomic E-state index is 13.3. The predicted molar refractivity (Wildman–Crippen MR) is 125 cm³/mol. The molecule has 0 bridgehead atoms. The van der Waals surface area contributed by atoms with Crippen LogP contribution in [0.3, 0.4) is 0 Å². The zero-order valence-corrected chi connectivity index (χ0v) is 19.3. The molecule has 3 amide bonds. The monoisotopic (exact) mass is 453 g/mol. The second-order valence-electron chi connectivity index (χ2n) is 8.27. The minimum absolute atomic E-state index is 0.0504. The van der Waals surface area contributed by atoms with E-state index in [0.717, 1.165) is 29.7 Å². The van der Waals surface area contributed by atoms with E-state index in [1.807, 2.05) is 43.3 Å². The Labute approximate surface area is 194 Å². The van der Waals surface area contributed by atoms with Crippen molar-refractivity contribution in [1.82, 2.24) is 10.2 Å². The van der Waals surface area contributed by atoms with Crippen LogP contribution in [0, 0.1) is 5.92 Å². The lowest BCUT2D eigenvalue weighted by molar-refractivity contribution is -0.122. The Hall–Kier alpha value is -3.42. The van der Waals surface area contributed by atoms with E-state index in [-0.39, 0.29) is 23.9 Å². The molecule has 1 saturated carbocycles. The standard InChI is InChI=1S/C25H31N3O5/c1-4-33-19-9-7-18(8-10-19)27-25(30)28-12-11-17-13-22(31-2)23(32-3)14-20(17)21(28)15-26-24(29)16-5-6-16/h7-10,13-14,16,21H,4-6,11-12,15H2,1-3H3,(H,26,29)(H,27,30). The smallest absolute Gasteiger partial charge is 0.322 e. The molecule has 1 atom stereocenters. The van der Waals surface area contributed by atoms with E-state index in [1.165, 1.54) is 0 Å². The van der Waals surface area contributed by atoms with Crippen LogP contribution in [-0.4, -0.2) is 50.8 Å². The highest BCUT2D eigenvalue weighted by Gasteiger charge is 2.35. The molecule has 0 aromatic heterocycles. The number of carbonyl (C=O) groups excluding carboxylic acids is 2. The molecule has 2 aliphatic rings. The van der Waals surface area contributed by atoms with Gasteiger partial charge < -0.3 is 29.7 Å². The number of urea groups is 1. The first kappa shape index (κ1) is 22.8. The lowest BCUT2D eigenvalue weighted by Crippen LogP contribution is -2.47. The molecule has 8 heteroatoms. The van der Waals surface area contributed by atoms with Crippen LogP contribution in [-0.2, 0) is 11.2 Å². The van der Waals surface area contributed by atoms with Gasteiger partial charge in [-0.3, -0.25) is 4.79 Å². The summed E-state index contributed by atoms with van der Waals surface area (Å²) in [6.45, 7) is 3.38. The van der Waals surface area contributed by atoms with Crippen LogP contribution in [0.25, 0.3) is 0 Å². The largest absolute Gasteiger partial charge is 0.494 e. The Balaban J connectivity index is 1.57. The topological polar surface area (TPSA) is 89.1 Å². The van der Waals surface area contributed by atoms with E-state index < -0.39 is 0 Å². The normalized spacial score (nSPS) is 17.1. The van der Waals surface area contributed by atoms with Crippen molar-refractivity contribution in [2.75, 3.05) is 39.2 Å². The van der Waals surface area contributed by atoms with Gasteiger partial charge in [-0.05, 0) is 73.7 Å². The third-order valence-electron chi connectivity index (χ3n) is 6.10. The first-order valence-electron chi connectivity index (χ1n) is 11.4. The van der Waals surface area contributed by atoms with Crippen LogP contribution in [0.4, 0.5) is 10.5 Å². The molecule has 8 nitrogen and oxygen atoms in total. The average molecular weight is 454 g/mol. The number of benzene rings is 2. The number of hydrogen-bond acceptors (Lipinski definition) is 5. The number of carbonyl (C=O) groups is 2. The lowest BCUT2D eigenvalue weighted by atomic mass is 9.91. The van der Waals surface area contributed by atoms with Crippen LogP contribution in [0.15, 0.2) is 36.4 Å². The molecule has 1 unspecified atom stereocenters. The predicted octanol–water partition coefficient (Wildman–Crippen LogP) is 3.76. The van der Waals surface area contributed by atoms with Gasteiger partial charge in [0.1, 0.15) is 5.75 Å². The zero-order valence-electron chi connectivity index (χ0n) is 19.3. The van der Waals surface area contributed by atoms with E-state index in [0.29, 0.717) is 43.3 Å². The number of hydrogen-bond donors (Lipinski definition) is 2. The number of ether oxygens (including phenoxy) is 3. The Morgan fingerprint density at radius 3 is 2.39 bits per heavy atom. The molecule has 1 heterocycles. The van der Waals surface area contributed by atoms with Crippen molar-refractivity contribution < 1.29 is 23.8 Å². The van der Waals surface area contributed by atoms with Gasteiger partial charge in [0.25, 0.3) is 0 Å². The van der Waals surface area contributed by atoms with Crippen molar-refractivity contribution in [2.24, 2.45) is 5.92 Å². The van der Waals surface area contributed by atoms with Gasteiger partial charge in [0.2, 0.25) is 5.91 Å². The van der Waals surface area contributed by atoms with Crippen LogP contribution in [0.1, 0.15) is 36.9 Å². The maximum absolute atomic E-state index is 13.3. The summed E-state index contributed by atoms with van der Waals surface area (Å²) in [6, 6.07) is 10.6. The Morgan fingerprint density at radius 2 is 1.76 bits per heavy atom. The minimum Gasteiger partial charge on any atom is -0.494 e. The molecule has 1 fully saturated rings. The van der Waals surface area contributed by atoms with Gasteiger partial charge in [-0.2, -0.15) is 0 Å². The van der Waals surface area contributed by atoms with Gasteiger partial charge in [-0.15, -0.1) is 0 Å². The second-order valence-corrected chi connectivity index (χ2v) is 8.27. The summed E-state index contributed by atoms with van der Waals surface area (Å²) in [5.41, 5.74) is 2.72. The van der Waals surface area contributed by atoms with E-state index >= 15 is 0 Å². The fraction of sp³-hybridized carbons (Fsp3) is 0.440. The number of amides is 3. The molecule has 2 aromatic rings. The van der Waals surface area contributed by atoms with Crippen LogP contribution >= 0.6 is 0 Å². The molecule has 1 aliphatic carbocycles. The molecule has 2 N–H and O–H groups in total. The SMILES string of the molecule is CCOc1ccc(NC(=O)N2CCc3cc(OC)c(OC)cc3C2CNC(=O)C2CC2)cc1. The highest BCUT2D eigenvalue weighted by Crippen LogP contribution is 2.38. The first-order valence-corrected chi connectivity index (χ1v) is 11.4. The number of fused-ring (bicyclic) bond motifs is 1. The average Bonchev–Trinajstić information content (AvgIpc) is 3.68. The van der Waals surface area contributed by atoms with Gasteiger partial charge in [0.05, 0.1) is 26.9 Å². The summed E-state index contributed by atoms with van der Waals surface area (Å²) in [6.07, 6.45) is 2.54. The summed E-state index contributed by atoms with van der Waals surface area (Å²) in [5.74, 6) is 2.16. The van der Waals surface area contributed by atoms with Crippen LogP contribution in [0.5, 0.6) is 17.2 Å². The molecule has 2 aromatic carbocycles. The molecular weight excluding hydrogens is 422 g/mol. The molecule has 0 spiro atoms. The molecule has 0 radical (unpaired) electrons. The Morgan fingerprint density at radius 1 is 1.06 bits per heavy atom. The summed E-state index contributed by atoms with van der Waals surface area (Å²) in [4.78, 5) is 27.4. The number of anilines is 1. The summed E-state index contributed by atoms with van der Waals surface area (Å²) < 4.78 is 16.4.